The van der Waals surface area contributed by atoms with Crippen LogP contribution in [-0.2, 0) is 20.4 Å². The van der Waals surface area contributed by atoms with Gasteiger partial charge in [0.2, 0.25) is 0 Å². The molecule has 10 heteroatoms. The van der Waals surface area contributed by atoms with Crippen LogP contribution >= 0.6 is 7.60 Å². The number of nitrogens with two attached hydrogens (primary N) is 1. The summed E-state index contributed by atoms with van der Waals surface area (Å²) in [5.41, 5.74) is 6.95. The van der Waals surface area contributed by atoms with Crippen LogP contribution in [0.25, 0.3) is 11.2 Å². The van der Waals surface area contributed by atoms with Gasteiger partial charge in [-0.25, -0.2) is 15.0 Å². The van der Waals surface area contributed by atoms with Crippen molar-refractivity contribution >= 4 is 24.6 Å². The molecule has 3 rings (SSSR count). The first-order chi connectivity index (χ1) is 19.4. The Labute approximate surface area is 240 Å². The largest absolute Gasteiger partial charge is 0.382 e. The number of nitrogen functional groups attached to an aromatic ring is 1. The van der Waals surface area contributed by atoms with Crippen molar-refractivity contribution in [1.82, 2.24) is 19.5 Å². The number of hydrogen-bond donors (Lipinski definition) is 2. The van der Waals surface area contributed by atoms with E-state index in [-0.39, 0.29) is 19.1 Å². The summed E-state index contributed by atoms with van der Waals surface area (Å²) in [6, 6.07) is 0. The summed E-state index contributed by atoms with van der Waals surface area (Å²) in [7, 11) is -3.78. The molecule has 1 aliphatic carbocycles. The molecule has 1 aliphatic rings. The zero-order valence-electron chi connectivity index (χ0n) is 24.4. The van der Waals surface area contributed by atoms with Crippen LogP contribution in [0.4, 0.5) is 5.82 Å². The highest BCUT2D eigenvalue weighted by Gasteiger charge is 2.21. The third-order valence-corrected chi connectivity index (χ3v) is 8.34. The number of fused-ring (bicyclic) bond motifs is 1. The molecule has 224 valence electrons. The van der Waals surface area contributed by atoms with E-state index in [2.05, 4.69) is 26.8 Å². The summed E-state index contributed by atoms with van der Waals surface area (Å²) in [5, 5.41) is 0. The molecule has 0 radical (unpaired) electrons. The second-order valence-electron chi connectivity index (χ2n) is 11.2. The number of imidazole rings is 1. The third kappa shape index (κ3) is 13.6. The Morgan fingerprint density at radius 1 is 0.975 bits per heavy atom. The van der Waals surface area contributed by atoms with Crippen LogP contribution in [0.1, 0.15) is 116 Å². The van der Waals surface area contributed by atoms with Gasteiger partial charge in [-0.15, -0.1) is 5.92 Å². The average Bonchev–Trinajstić information content (AvgIpc) is 3.67. The summed E-state index contributed by atoms with van der Waals surface area (Å²) in [5.74, 6) is 7.74. The average molecular weight is 576 g/mol. The predicted octanol–water partition coefficient (Wildman–Crippen LogP) is 7.24. The number of nitrogens with zero attached hydrogens (tertiary/aromatic N) is 4. The minimum atomic E-state index is -3.78. The molecule has 0 bridgehead atoms. The zero-order chi connectivity index (χ0) is 28.5. The molecule has 0 saturated heterocycles. The highest BCUT2D eigenvalue weighted by Crippen LogP contribution is 2.42. The van der Waals surface area contributed by atoms with Crippen LogP contribution in [-0.4, -0.2) is 43.5 Å². The molecule has 0 spiro atoms. The molecule has 2 aromatic heterocycles. The molecule has 1 saturated carbocycles. The van der Waals surface area contributed by atoms with Gasteiger partial charge >= 0.3 is 7.60 Å². The Kier molecular flexibility index (Phi) is 15.0. The van der Waals surface area contributed by atoms with Gasteiger partial charge in [0.05, 0.1) is 25.6 Å². The van der Waals surface area contributed by atoms with Gasteiger partial charge in [0, 0.05) is 12.3 Å². The smallest absolute Gasteiger partial charge is 0.353 e. The second-order valence-corrected chi connectivity index (χ2v) is 13.0. The van der Waals surface area contributed by atoms with E-state index in [1.807, 2.05) is 6.92 Å². The Morgan fingerprint density at radius 2 is 1.57 bits per heavy atom. The van der Waals surface area contributed by atoms with Gasteiger partial charge < -0.3 is 24.5 Å². The zero-order valence-corrected chi connectivity index (χ0v) is 25.3. The van der Waals surface area contributed by atoms with Gasteiger partial charge in [-0.2, -0.15) is 0 Å². The maximum Gasteiger partial charge on any atom is 0.353 e. The molecular weight excluding hydrogens is 525 g/mol. The number of anilines is 1. The van der Waals surface area contributed by atoms with Crippen molar-refractivity contribution in [2.24, 2.45) is 5.92 Å². The van der Waals surface area contributed by atoms with E-state index in [1.54, 1.807) is 10.9 Å². The molecule has 2 atom stereocenters. The van der Waals surface area contributed by atoms with Crippen molar-refractivity contribution in [2.45, 2.75) is 129 Å². The van der Waals surface area contributed by atoms with Crippen LogP contribution in [0.5, 0.6) is 0 Å². The van der Waals surface area contributed by atoms with E-state index in [4.69, 9.17) is 15.0 Å². The molecule has 1 fully saturated rings. The molecule has 2 heterocycles. The summed E-state index contributed by atoms with van der Waals surface area (Å²) in [4.78, 5) is 22.4. The Hall–Kier alpha value is -1.98. The maximum atomic E-state index is 12.3. The van der Waals surface area contributed by atoms with E-state index in [0.29, 0.717) is 23.5 Å². The van der Waals surface area contributed by atoms with Crippen LogP contribution in [0.15, 0.2) is 12.7 Å². The van der Waals surface area contributed by atoms with Crippen molar-refractivity contribution in [3.63, 3.8) is 0 Å². The molecule has 3 N–H and O–H groups in total. The second kappa shape index (κ2) is 18.5. The van der Waals surface area contributed by atoms with Gasteiger partial charge in [-0.05, 0) is 32.6 Å². The van der Waals surface area contributed by atoms with Gasteiger partial charge in [0.25, 0.3) is 0 Å². The number of unbranched alkanes of at least 4 members (excludes halogenated alkanes) is 14. The highest BCUT2D eigenvalue weighted by molar-refractivity contribution is 7.52. The van der Waals surface area contributed by atoms with Gasteiger partial charge in [0.1, 0.15) is 18.2 Å². The van der Waals surface area contributed by atoms with E-state index in [9.17, 15) is 9.46 Å². The van der Waals surface area contributed by atoms with Crippen molar-refractivity contribution in [2.75, 3.05) is 18.7 Å². The molecule has 40 heavy (non-hydrogen) atoms. The Morgan fingerprint density at radius 3 is 2.20 bits per heavy atom. The molecule has 1 unspecified atom stereocenters. The van der Waals surface area contributed by atoms with E-state index in [0.717, 1.165) is 31.6 Å². The van der Waals surface area contributed by atoms with E-state index < -0.39 is 7.60 Å². The summed E-state index contributed by atoms with van der Waals surface area (Å²) < 4.78 is 25.0. The lowest BCUT2D eigenvalue weighted by Gasteiger charge is -2.17. The van der Waals surface area contributed by atoms with Crippen molar-refractivity contribution in [1.29, 1.82) is 0 Å². The van der Waals surface area contributed by atoms with Crippen molar-refractivity contribution < 1.29 is 18.7 Å². The number of ether oxygens (including phenoxy) is 1. The predicted molar refractivity (Wildman–Crippen MR) is 161 cm³/mol. The normalized spacial score (nSPS) is 15.6. The van der Waals surface area contributed by atoms with Crippen molar-refractivity contribution in [3.05, 3.63) is 12.7 Å². The summed E-state index contributed by atoms with van der Waals surface area (Å²) in [6.07, 6.45) is 23.6. The number of rotatable bonds is 22. The monoisotopic (exact) mass is 575 g/mol. The minimum absolute atomic E-state index is 0.280. The SMILES string of the molecule is C[C@H](Cn1cnc2c(N)ncnc21)OCP(=O)(O)OCCCCCCCCCCCCCCCCC#CC1CC1. The summed E-state index contributed by atoms with van der Waals surface area (Å²) >= 11 is 0. The topological polar surface area (TPSA) is 125 Å². The fraction of sp³-hybridized carbons (Fsp3) is 0.767. The lowest BCUT2D eigenvalue weighted by Crippen LogP contribution is -2.17. The number of aromatic nitrogens is 4. The summed E-state index contributed by atoms with van der Waals surface area (Å²) in [6.45, 7) is 2.52. The molecule has 0 aromatic carbocycles. The van der Waals surface area contributed by atoms with Crippen LogP contribution in [0.3, 0.4) is 0 Å². The molecule has 9 nitrogen and oxygen atoms in total. The fourth-order valence-electron chi connectivity index (χ4n) is 4.71. The first kappa shape index (κ1) is 32.5. The number of hydrogen-bond acceptors (Lipinski definition) is 7. The van der Waals surface area contributed by atoms with Crippen LogP contribution in [0, 0.1) is 17.8 Å². The molecule has 0 aliphatic heterocycles. The molecular formula is C30H50N5O4P. The van der Waals surface area contributed by atoms with Gasteiger partial charge in [0.15, 0.2) is 11.5 Å². The van der Waals surface area contributed by atoms with Crippen molar-refractivity contribution in [3.8, 4) is 11.8 Å². The van der Waals surface area contributed by atoms with E-state index >= 15 is 0 Å². The van der Waals surface area contributed by atoms with Gasteiger partial charge in [-0.1, -0.05) is 83.0 Å². The first-order valence-corrected chi connectivity index (χ1v) is 17.2. The molecule has 2 aromatic rings. The van der Waals surface area contributed by atoms with Crippen LogP contribution in [0.2, 0.25) is 0 Å². The van der Waals surface area contributed by atoms with Crippen LogP contribution < -0.4 is 5.73 Å². The first-order valence-electron chi connectivity index (χ1n) is 15.4. The fourth-order valence-corrected chi connectivity index (χ4v) is 5.64. The minimum Gasteiger partial charge on any atom is -0.382 e. The third-order valence-electron chi connectivity index (χ3n) is 7.28. The Balaban J connectivity index is 1.08. The quantitative estimate of drug-likeness (QED) is 0.0855. The molecule has 0 amide bonds. The Bertz CT molecular complexity index is 1090. The van der Waals surface area contributed by atoms with Gasteiger partial charge in [-0.3, -0.25) is 4.57 Å². The van der Waals surface area contributed by atoms with E-state index in [1.165, 1.54) is 89.8 Å². The highest BCUT2D eigenvalue weighted by atomic mass is 31.2. The maximum absolute atomic E-state index is 12.3. The lowest BCUT2D eigenvalue weighted by molar-refractivity contribution is 0.0715. The lowest BCUT2D eigenvalue weighted by atomic mass is 10.0. The standard InChI is InChI=1S/C30H50N5O4P/c1-26(22-35-24-34-28-29(31)32-23-33-30(28)35)38-25-40(36,37)39-21-17-15-13-11-9-7-5-3-2-4-6-8-10-12-14-16-18-27-19-20-27/h23-24,26-27H,2-15,17,19-22,25H2,1H3,(H,36,37)(H2,31,32,33)/t26-/m1/s1.